The van der Waals surface area contributed by atoms with Gasteiger partial charge in [0.25, 0.3) is 0 Å². The number of halogens is 1. The van der Waals surface area contributed by atoms with E-state index in [2.05, 4.69) is 15.9 Å². The molecule has 0 heterocycles. The fraction of sp³-hybridized carbons (Fsp3) is 0.182. The Bertz CT molecular complexity index is 474. The van der Waals surface area contributed by atoms with Gasteiger partial charge in [-0.15, -0.1) is 0 Å². The average molecular weight is 314 g/mol. The Morgan fingerprint density at radius 1 is 1.22 bits per heavy atom. The van der Waals surface area contributed by atoms with Crippen molar-refractivity contribution in [2.45, 2.75) is 0 Å². The van der Waals surface area contributed by atoms with Crippen LogP contribution in [0, 0.1) is 0 Å². The Kier molecular flexibility index (Phi) is 4.85. The topological polar surface area (TPSA) is 106 Å². The lowest BCUT2D eigenvalue weighted by Crippen LogP contribution is -2.39. The van der Waals surface area contributed by atoms with Crippen molar-refractivity contribution in [1.29, 1.82) is 0 Å². The van der Waals surface area contributed by atoms with E-state index in [0.717, 1.165) is 0 Å². The van der Waals surface area contributed by atoms with Gasteiger partial charge >= 0.3 is 0 Å². The summed E-state index contributed by atoms with van der Waals surface area (Å²) in [4.78, 5) is 34.0. The zero-order valence-electron chi connectivity index (χ0n) is 9.43. The molecule has 18 heavy (non-hydrogen) atoms. The molecule has 2 amide bonds. The molecule has 0 spiro atoms. The van der Waals surface area contributed by atoms with Crippen LogP contribution in [0.15, 0.2) is 22.7 Å². The molecular formula is C11H12BrN3O3. The van der Waals surface area contributed by atoms with Crippen LogP contribution in [0.3, 0.4) is 0 Å². The van der Waals surface area contributed by atoms with Crippen molar-refractivity contribution in [2.75, 3.05) is 18.0 Å². The minimum absolute atomic E-state index is 0.129. The number of aldehydes is 1. The van der Waals surface area contributed by atoms with Gasteiger partial charge in [0.1, 0.15) is 0 Å². The standard InChI is InChI=1S/C11H12BrN3O3/c12-9-3-8(2-1-7(9)6-16)15(4-10(13)17)5-11(14)18/h1-3,6H,4-5H2,(H2,13,17)(H2,14,18). The molecule has 7 heteroatoms. The second kappa shape index (κ2) is 6.15. The molecule has 0 fully saturated rings. The Morgan fingerprint density at radius 2 is 1.78 bits per heavy atom. The number of amides is 2. The number of primary amides is 2. The van der Waals surface area contributed by atoms with E-state index in [1.165, 1.54) is 4.90 Å². The van der Waals surface area contributed by atoms with Crippen LogP contribution < -0.4 is 16.4 Å². The van der Waals surface area contributed by atoms with E-state index in [0.29, 0.717) is 22.0 Å². The van der Waals surface area contributed by atoms with Gasteiger partial charge in [-0.1, -0.05) is 0 Å². The summed E-state index contributed by atoms with van der Waals surface area (Å²) in [7, 11) is 0. The molecule has 96 valence electrons. The van der Waals surface area contributed by atoms with Crippen molar-refractivity contribution in [3.05, 3.63) is 28.2 Å². The molecule has 0 bridgehead atoms. The zero-order valence-corrected chi connectivity index (χ0v) is 11.0. The van der Waals surface area contributed by atoms with Crippen LogP contribution >= 0.6 is 15.9 Å². The molecular weight excluding hydrogens is 302 g/mol. The van der Waals surface area contributed by atoms with E-state index in [4.69, 9.17) is 11.5 Å². The number of benzene rings is 1. The minimum Gasteiger partial charge on any atom is -0.368 e. The van der Waals surface area contributed by atoms with Crippen LogP contribution in [-0.4, -0.2) is 31.2 Å². The molecule has 0 saturated carbocycles. The molecule has 0 saturated heterocycles. The van der Waals surface area contributed by atoms with Crippen LogP contribution in [0.1, 0.15) is 10.4 Å². The number of nitrogens with zero attached hydrogens (tertiary/aromatic N) is 1. The van der Waals surface area contributed by atoms with Gasteiger partial charge < -0.3 is 16.4 Å². The number of rotatable bonds is 6. The lowest BCUT2D eigenvalue weighted by Gasteiger charge is -2.22. The number of carbonyl (C=O) groups excluding carboxylic acids is 3. The lowest BCUT2D eigenvalue weighted by molar-refractivity contribution is -0.117. The van der Waals surface area contributed by atoms with Gasteiger partial charge in [0.2, 0.25) is 11.8 Å². The molecule has 1 rings (SSSR count). The van der Waals surface area contributed by atoms with Crippen LogP contribution in [-0.2, 0) is 9.59 Å². The summed E-state index contributed by atoms with van der Waals surface area (Å²) in [5.74, 6) is -1.15. The normalized spacial score (nSPS) is 9.83. The Morgan fingerprint density at radius 3 is 2.17 bits per heavy atom. The molecule has 0 aliphatic rings. The van der Waals surface area contributed by atoms with Gasteiger partial charge in [-0.05, 0) is 34.1 Å². The largest absolute Gasteiger partial charge is 0.368 e. The van der Waals surface area contributed by atoms with Crippen molar-refractivity contribution in [3.63, 3.8) is 0 Å². The third-order valence-corrected chi connectivity index (χ3v) is 2.86. The van der Waals surface area contributed by atoms with Crippen LogP contribution in [0.2, 0.25) is 0 Å². The van der Waals surface area contributed by atoms with Crippen molar-refractivity contribution in [2.24, 2.45) is 11.5 Å². The molecule has 1 aromatic rings. The number of carbonyl (C=O) groups is 3. The first-order chi connectivity index (χ1) is 8.43. The molecule has 0 atom stereocenters. The lowest BCUT2D eigenvalue weighted by atomic mass is 10.2. The number of hydrogen-bond donors (Lipinski definition) is 2. The first-order valence-corrected chi connectivity index (χ1v) is 5.79. The van der Waals surface area contributed by atoms with Crippen molar-refractivity contribution in [3.8, 4) is 0 Å². The first kappa shape index (κ1) is 14.2. The summed E-state index contributed by atoms with van der Waals surface area (Å²) >= 11 is 3.22. The SMILES string of the molecule is NC(=O)CN(CC(N)=O)c1ccc(C=O)c(Br)c1. The highest BCUT2D eigenvalue weighted by atomic mass is 79.9. The van der Waals surface area contributed by atoms with Crippen molar-refractivity contribution < 1.29 is 14.4 Å². The molecule has 0 aliphatic carbocycles. The van der Waals surface area contributed by atoms with Gasteiger partial charge in [0.05, 0.1) is 13.1 Å². The highest BCUT2D eigenvalue weighted by Gasteiger charge is 2.13. The van der Waals surface area contributed by atoms with Gasteiger partial charge in [0, 0.05) is 15.7 Å². The smallest absolute Gasteiger partial charge is 0.236 e. The summed E-state index contributed by atoms with van der Waals surface area (Å²) in [6.45, 7) is -0.258. The quantitative estimate of drug-likeness (QED) is 0.723. The maximum atomic E-state index is 10.9. The zero-order chi connectivity index (χ0) is 13.7. The van der Waals surface area contributed by atoms with Crippen LogP contribution in [0.5, 0.6) is 0 Å². The summed E-state index contributed by atoms with van der Waals surface area (Å²) in [5, 5.41) is 0. The fourth-order valence-corrected chi connectivity index (χ4v) is 1.88. The molecule has 0 aliphatic heterocycles. The van der Waals surface area contributed by atoms with Crippen molar-refractivity contribution in [1.82, 2.24) is 0 Å². The Balaban J connectivity index is 3.04. The molecule has 0 unspecified atom stereocenters. The number of anilines is 1. The monoisotopic (exact) mass is 313 g/mol. The second-order valence-electron chi connectivity index (χ2n) is 3.61. The summed E-state index contributed by atoms with van der Waals surface area (Å²) in [5.41, 5.74) is 11.2. The predicted octanol–water partition coefficient (Wildman–Crippen LogP) is 0.0386. The third kappa shape index (κ3) is 3.85. The first-order valence-electron chi connectivity index (χ1n) is 5.00. The average Bonchev–Trinajstić information content (AvgIpc) is 2.26. The van der Waals surface area contributed by atoms with E-state index in [9.17, 15) is 14.4 Å². The minimum atomic E-state index is -0.577. The molecule has 0 aromatic heterocycles. The predicted molar refractivity (Wildman–Crippen MR) is 70.1 cm³/mol. The maximum absolute atomic E-state index is 10.9. The molecule has 1 aromatic carbocycles. The third-order valence-electron chi connectivity index (χ3n) is 2.17. The number of hydrogen-bond acceptors (Lipinski definition) is 4. The summed E-state index contributed by atoms with van der Waals surface area (Å²) in [6.07, 6.45) is 0.695. The summed E-state index contributed by atoms with van der Waals surface area (Å²) in [6, 6.07) is 4.80. The van der Waals surface area contributed by atoms with Gasteiger partial charge in [-0.3, -0.25) is 14.4 Å². The maximum Gasteiger partial charge on any atom is 0.236 e. The van der Waals surface area contributed by atoms with E-state index < -0.39 is 11.8 Å². The Labute approximate surface area is 112 Å². The van der Waals surface area contributed by atoms with E-state index >= 15 is 0 Å². The van der Waals surface area contributed by atoms with Gasteiger partial charge in [-0.2, -0.15) is 0 Å². The summed E-state index contributed by atoms with van der Waals surface area (Å²) < 4.78 is 0.564. The van der Waals surface area contributed by atoms with Crippen molar-refractivity contribution >= 4 is 39.7 Å². The van der Waals surface area contributed by atoms with E-state index in [1.54, 1.807) is 18.2 Å². The van der Waals surface area contributed by atoms with E-state index in [1.807, 2.05) is 0 Å². The van der Waals surface area contributed by atoms with Gasteiger partial charge in [-0.25, -0.2) is 0 Å². The molecule has 4 N–H and O–H groups in total. The highest BCUT2D eigenvalue weighted by Crippen LogP contribution is 2.23. The van der Waals surface area contributed by atoms with E-state index in [-0.39, 0.29) is 13.1 Å². The van der Waals surface area contributed by atoms with Crippen LogP contribution in [0.4, 0.5) is 5.69 Å². The molecule has 0 radical (unpaired) electrons. The highest BCUT2D eigenvalue weighted by molar-refractivity contribution is 9.10. The fourth-order valence-electron chi connectivity index (χ4n) is 1.42. The molecule has 6 nitrogen and oxygen atoms in total. The van der Waals surface area contributed by atoms with Crippen LogP contribution in [0.25, 0.3) is 0 Å². The van der Waals surface area contributed by atoms with Gasteiger partial charge in [0.15, 0.2) is 6.29 Å². The Hall–Kier alpha value is -1.89. The number of nitrogens with two attached hydrogens (primary N) is 2. The second-order valence-corrected chi connectivity index (χ2v) is 4.47.